The summed E-state index contributed by atoms with van der Waals surface area (Å²) in [6.45, 7) is 2.05. The number of halogens is 1. The number of rotatable bonds is 1. The summed E-state index contributed by atoms with van der Waals surface area (Å²) in [4.78, 5) is 0. The molecule has 0 aliphatic heterocycles. The summed E-state index contributed by atoms with van der Waals surface area (Å²) in [7, 11) is 0. The fraction of sp³-hybridized carbons (Fsp3) is 1.00. The van der Waals surface area contributed by atoms with Gasteiger partial charge in [-0.05, 0) is 6.42 Å². The fourth-order valence-corrected chi connectivity index (χ4v) is 0. The molecule has 0 aromatic heterocycles. The van der Waals surface area contributed by atoms with Crippen molar-refractivity contribution in [2.45, 2.75) is 13.3 Å². The lowest BCUT2D eigenvalue weighted by Gasteiger charge is -1.85. The van der Waals surface area contributed by atoms with Gasteiger partial charge in [0.25, 0.3) is 0 Å². The molecule has 0 saturated heterocycles. The van der Waals surface area contributed by atoms with Crippen molar-refractivity contribution < 1.29 is 8.76 Å². The van der Waals surface area contributed by atoms with E-state index in [1.807, 2.05) is 6.92 Å². The monoisotopic (exact) mass is 158 g/mol. The molecule has 1 unspecified atom stereocenters. The van der Waals surface area contributed by atoms with Gasteiger partial charge in [0.2, 0.25) is 0 Å². The minimum Gasteiger partial charge on any atom is -0.760 e. The van der Waals surface area contributed by atoms with E-state index >= 15 is 0 Å². The summed E-state index contributed by atoms with van der Waals surface area (Å²) < 4.78 is 17.6. The van der Waals surface area contributed by atoms with Crippen LogP contribution < -0.4 is 5.14 Å². The Morgan fingerprint density at radius 2 is 2.00 bits per heavy atom. The summed E-state index contributed by atoms with van der Waals surface area (Å²) in [5.74, 6) is 0.792. The molecule has 0 bridgehead atoms. The predicted octanol–water partition coefficient (Wildman–Crippen LogP) is 0.374. The average Bonchev–Trinajstić information content (AvgIpc) is 1.65. The molecule has 2 N–H and O–H groups in total. The zero-order chi connectivity index (χ0) is 6.99. The van der Waals surface area contributed by atoms with Crippen LogP contribution in [0.4, 0.5) is 0 Å². The van der Waals surface area contributed by atoms with Crippen LogP contribution in [0, 0.1) is 0 Å². The molecular formula is C3H9ClNO2S-. The van der Waals surface area contributed by atoms with E-state index in [-0.39, 0.29) is 0 Å². The van der Waals surface area contributed by atoms with Crippen molar-refractivity contribution in [1.29, 1.82) is 0 Å². The Morgan fingerprint density at radius 1 is 1.88 bits per heavy atom. The van der Waals surface area contributed by atoms with Gasteiger partial charge in [-0.2, -0.15) is 0 Å². The first-order chi connectivity index (χ1) is 3.65. The first-order valence-corrected chi connectivity index (χ1v) is 3.72. The van der Waals surface area contributed by atoms with E-state index in [0.29, 0.717) is 0 Å². The van der Waals surface area contributed by atoms with Gasteiger partial charge in [0.15, 0.2) is 0 Å². The van der Waals surface area contributed by atoms with Crippen LogP contribution in [-0.2, 0) is 11.3 Å². The summed E-state index contributed by atoms with van der Waals surface area (Å²) in [6, 6.07) is 0. The third kappa shape index (κ3) is 98.8. The summed E-state index contributed by atoms with van der Waals surface area (Å²) in [6.07, 6.45) is 1.08. The molecule has 5 heteroatoms. The van der Waals surface area contributed by atoms with Crippen molar-refractivity contribution in [1.82, 2.24) is 0 Å². The van der Waals surface area contributed by atoms with Crippen LogP contribution in [0.2, 0.25) is 0 Å². The zero-order valence-corrected chi connectivity index (χ0v) is 6.17. The van der Waals surface area contributed by atoms with Gasteiger partial charge in [-0.25, -0.2) is 0 Å². The van der Waals surface area contributed by atoms with E-state index in [9.17, 15) is 0 Å². The topological polar surface area (TPSA) is 66.2 Å². The molecule has 0 aliphatic rings. The van der Waals surface area contributed by atoms with Crippen molar-refractivity contribution >= 4 is 22.9 Å². The zero-order valence-electron chi connectivity index (χ0n) is 4.59. The predicted molar refractivity (Wildman–Crippen MR) is 34.1 cm³/mol. The molecule has 8 heavy (non-hydrogen) atoms. The summed E-state index contributed by atoms with van der Waals surface area (Å²) in [5.41, 5.74) is 0. The van der Waals surface area contributed by atoms with E-state index in [1.165, 1.54) is 0 Å². The van der Waals surface area contributed by atoms with Gasteiger partial charge in [-0.15, -0.1) is 11.6 Å². The summed E-state index contributed by atoms with van der Waals surface area (Å²) >= 11 is 2.82. The molecule has 0 rings (SSSR count). The van der Waals surface area contributed by atoms with E-state index in [2.05, 4.69) is 5.14 Å². The molecule has 0 radical (unpaired) electrons. The molecule has 0 aromatic rings. The van der Waals surface area contributed by atoms with Crippen molar-refractivity contribution in [2.24, 2.45) is 5.14 Å². The smallest absolute Gasteiger partial charge is 0.0220 e. The third-order valence-corrected chi connectivity index (χ3v) is 0.567. The van der Waals surface area contributed by atoms with Crippen LogP contribution in [-0.4, -0.2) is 14.6 Å². The molecule has 0 heterocycles. The highest BCUT2D eigenvalue weighted by atomic mass is 35.5. The van der Waals surface area contributed by atoms with Crippen molar-refractivity contribution in [3.63, 3.8) is 0 Å². The molecule has 3 nitrogen and oxygen atoms in total. The Bertz CT molecular complexity index is 55.2. The van der Waals surface area contributed by atoms with Crippen LogP contribution in [0.15, 0.2) is 0 Å². The van der Waals surface area contributed by atoms with Gasteiger partial charge in [-0.1, -0.05) is 6.92 Å². The maximum Gasteiger partial charge on any atom is 0.0220 e. The minimum absolute atomic E-state index is 0.792. The highest BCUT2D eigenvalue weighted by molar-refractivity contribution is 7.76. The largest absolute Gasteiger partial charge is 0.760 e. The van der Waals surface area contributed by atoms with Gasteiger partial charge in [0.1, 0.15) is 0 Å². The quantitative estimate of drug-likeness (QED) is 0.443. The molecule has 52 valence electrons. The third-order valence-electron chi connectivity index (χ3n) is 0.189. The molecule has 1 atom stereocenters. The molecule has 0 fully saturated rings. The van der Waals surface area contributed by atoms with Crippen molar-refractivity contribution in [3.8, 4) is 0 Å². The first kappa shape index (κ1) is 11.2. The Morgan fingerprint density at radius 3 is 2.00 bits per heavy atom. The minimum atomic E-state index is -2.36. The highest BCUT2D eigenvalue weighted by Crippen LogP contribution is 1.75. The van der Waals surface area contributed by atoms with E-state index in [1.54, 1.807) is 0 Å². The standard InChI is InChI=1S/C3H7Cl.H3NO2S/c1-2-3-4;1-4(2)3/h2-3H2,1H3;1H2,(H,2,3)/p-1. The van der Waals surface area contributed by atoms with Gasteiger partial charge in [0.05, 0.1) is 0 Å². The van der Waals surface area contributed by atoms with Gasteiger partial charge >= 0.3 is 0 Å². The number of hydrogen-bond acceptors (Lipinski definition) is 2. The molecule has 0 amide bonds. The number of hydrogen-bond donors (Lipinski definition) is 1. The number of alkyl halides is 1. The maximum absolute atomic E-state index is 8.78. The SMILES string of the molecule is CCCCl.NS(=O)[O-]. The van der Waals surface area contributed by atoms with Crippen LogP contribution in [0.25, 0.3) is 0 Å². The van der Waals surface area contributed by atoms with Crippen LogP contribution in [0.3, 0.4) is 0 Å². The molecule has 0 saturated carbocycles. The van der Waals surface area contributed by atoms with Crippen LogP contribution in [0.5, 0.6) is 0 Å². The second-order valence-corrected chi connectivity index (χ2v) is 1.85. The lowest BCUT2D eigenvalue weighted by atomic mass is 10.6. The van der Waals surface area contributed by atoms with Gasteiger partial charge < -0.3 is 4.55 Å². The molecular weight excluding hydrogens is 150 g/mol. The molecule has 0 aromatic carbocycles. The van der Waals surface area contributed by atoms with Gasteiger partial charge in [0, 0.05) is 17.1 Å². The Balaban J connectivity index is 0. The second-order valence-electron chi connectivity index (χ2n) is 0.949. The lowest BCUT2D eigenvalue weighted by molar-refractivity contribution is 0.539. The number of nitrogens with two attached hydrogens (primary N) is 1. The normalized spacial score (nSPS) is 11.5. The van der Waals surface area contributed by atoms with Crippen LogP contribution >= 0.6 is 11.6 Å². The summed E-state index contributed by atoms with van der Waals surface area (Å²) in [5, 5.41) is 4.03. The van der Waals surface area contributed by atoms with Crippen molar-refractivity contribution in [2.75, 3.05) is 5.88 Å². The van der Waals surface area contributed by atoms with E-state index < -0.39 is 11.3 Å². The first-order valence-electron chi connectivity index (χ1n) is 2.04. The lowest BCUT2D eigenvalue weighted by Crippen LogP contribution is -1.97. The van der Waals surface area contributed by atoms with E-state index in [0.717, 1.165) is 12.3 Å². The molecule has 0 aliphatic carbocycles. The highest BCUT2D eigenvalue weighted by Gasteiger charge is 1.59. The van der Waals surface area contributed by atoms with Crippen LogP contribution in [0.1, 0.15) is 13.3 Å². The Hall–Kier alpha value is 0.360. The Kier molecular flexibility index (Phi) is 14.5. The van der Waals surface area contributed by atoms with Gasteiger partial charge in [-0.3, -0.25) is 9.35 Å². The second kappa shape index (κ2) is 10.4. The average molecular weight is 159 g/mol. The van der Waals surface area contributed by atoms with E-state index in [4.69, 9.17) is 20.4 Å². The molecule has 0 spiro atoms. The maximum atomic E-state index is 8.78. The fourth-order valence-electron chi connectivity index (χ4n) is 0. The Labute approximate surface area is 56.6 Å². The van der Waals surface area contributed by atoms with Crippen molar-refractivity contribution in [3.05, 3.63) is 0 Å².